The number of ether oxygens (including phenoxy) is 1. The van der Waals surface area contributed by atoms with Crippen LogP contribution in [-0.4, -0.2) is 12.7 Å². The van der Waals surface area contributed by atoms with Gasteiger partial charge in [-0.2, -0.15) is 8.78 Å². The summed E-state index contributed by atoms with van der Waals surface area (Å²) in [5, 5.41) is 0. The average Bonchev–Trinajstić information content (AvgIpc) is 3.03. The standard InChI is InChI=1S/C11H10F3IO/c12-10-8(2-1-3-9(10)15)11(13,14)6-16-7-4-5-7/h1-3,7H,4-6H2. The van der Waals surface area contributed by atoms with E-state index in [9.17, 15) is 13.2 Å². The van der Waals surface area contributed by atoms with E-state index in [-0.39, 0.29) is 9.67 Å². The second-order valence-corrected chi connectivity index (χ2v) is 4.98. The van der Waals surface area contributed by atoms with Crippen LogP contribution in [0.3, 0.4) is 0 Å². The molecule has 1 saturated carbocycles. The quantitative estimate of drug-likeness (QED) is 0.759. The van der Waals surface area contributed by atoms with Crippen LogP contribution >= 0.6 is 22.6 Å². The molecule has 2 rings (SSSR count). The first-order valence-corrected chi connectivity index (χ1v) is 6.02. The lowest BCUT2D eigenvalue weighted by molar-refractivity contribution is -0.0894. The molecule has 1 aromatic rings. The summed E-state index contributed by atoms with van der Waals surface area (Å²) in [5.41, 5.74) is -0.583. The van der Waals surface area contributed by atoms with Gasteiger partial charge in [-0.15, -0.1) is 0 Å². The first-order chi connectivity index (χ1) is 7.50. The molecule has 88 valence electrons. The van der Waals surface area contributed by atoms with Gasteiger partial charge in [-0.25, -0.2) is 4.39 Å². The largest absolute Gasteiger partial charge is 0.372 e. The van der Waals surface area contributed by atoms with Crippen molar-refractivity contribution in [3.05, 3.63) is 33.1 Å². The van der Waals surface area contributed by atoms with Crippen LogP contribution in [0.15, 0.2) is 18.2 Å². The van der Waals surface area contributed by atoms with Gasteiger partial charge >= 0.3 is 0 Å². The normalized spacial score (nSPS) is 16.5. The van der Waals surface area contributed by atoms with E-state index in [1.807, 2.05) is 0 Å². The lowest BCUT2D eigenvalue weighted by atomic mass is 10.1. The van der Waals surface area contributed by atoms with E-state index >= 15 is 0 Å². The molecule has 5 heteroatoms. The Labute approximate surface area is 105 Å². The van der Waals surface area contributed by atoms with Crippen LogP contribution in [0.2, 0.25) is 0 Å². The van der Waals surface area contributed by atoms with Crippen molar-refractivity contribution in [2.75, 3.05) is 6.61 Å². The lowest BCUT2D eigenvalue weighted by Gasteiger charge is -2.17. The van der Waals surface area contributed by atoms with Crippen LogP contribution in [-0.2, 0) is 10.7 Å². The molecule has 0 saturated heterocycles. The zero-order valence-corrected chi connectivity index (χ0v) is 10.5. The highest BCUT2D eigenvalue weighted by Gasteiger charge is 2.37. The van der Waals surface area contributed by atoms with Crippen molar-refractivity contribution in [3.8, 4) is 0 Å². The number of hydrogen-bond acceptors (Lipinski definition) is 1. The van der Waals surface area contributed by atoms with E-state index in [1.54, 1.807) is 22.6 Å². The number of halogens is 4. The number of rotatable bonds is 4. The molecule has 0 N–H and O–H groups in total. The van der Waals surface area contributed by atoms with E-state index in [2.05, 4.69) is 0 Å². The predicted molar refractivity (Wildman–Crippen MR) is 62.0 cm³/mol. The molecule has 0 unspecified atom stereocenters. The molecule has 0 radical (unpaired) electrons. The molecule has 1 aromatic carbocycles. The molecule has 0 spiro atoms. The molecule has 1 nitrogen and oxygen atoms in total. The second kappa shape index (κ2) is 4.52. The molecule has 0 aliphatic heterocycles. The highest BCUT2D eigenvalue weighted by molar-refractivity contribution is 14.1. The van der Waals surface area contributed by atoms with E-state index < -0.39 is 23.9 Å². The van der Waals surface area contributed by atoms with Gasteiger partial charge in [0.2, 0.25) is 0 Å². The Bertz CT molecular complexity index is 391. The minimum Gasteiger partial charge on any atom is -0.372 e. The first kappa shape index (κ1) is 12.2. The number of alkyl halides is 2. The van der Waals surface area contributed by atoms with Crippen LogP contribution in [0.5, 0.6) is 0 Å². The van der Waals surface area contributed by atoms with Crippen molar-refractivity contribution in [1.29, 1.82) is 0 Å². The summed E-state index contributed by atoms with van der Waals surface area (Å²) in [6.07, 6.45) is 1.59. The molecule has 0 atom stereocenters. The fraction of sp³-hybridized carbons (Fsp3) is 0.455. The Hall–Kier alpha value is -0.300. The molecule has 0 amide bonds. The lowest BCUT2D eigenvalue weighted by Crippen LogP contribution is -2.23. The van der Waals surface area contributed by atoms with Gasteiger partial charge in [0.1, 0.15) is 12.4 Å². The monoisotopic (exact) mass is 342 g/mol. The Morgan fingerprint density at radius 1 is 1.38 bits per heavy atom. The Balaban J connectivity index is 2.16. The van der Waals surface area contributed by atoms with E-state index in [0.717, 1.165) is 18.9 Å². The molecule has 1 fully saturated rings. The summed E-state index contributed by atoms with van der Waals surface area (Å²) in [6, 6.07) is 3.98. The van der Waals surface area contributed by atoms with Crippen LogP contribution in [0.4, 0.5) is 13.2 Å². The van der Waals surface area contributed by atoms with Crippen molar-refractivity contribution < 1.29 is 17.9 Å². The van der Waals surface area contributed by atoms with E-state index in [0.29, 0.717) is 0 Å². The van der Waals surface area contributed by atoms with Crippen molar-refractivity contribution >= 4 is 22.6 Å². The fourth-order valence-electron chi connectivity index (χ4n) is 1.32. The summed E-state index contributed by atoms with van der Waals surface area (Å²) in [6.45, 7) is -0.741. The van der Waals surface area contributed by atoms with E-state index in [4.69, 9.17) is 4.74 Å². The Kier molecular flexibility index (Phi) is 3.44. The summed E-state index contributed by atoms with van der Waals surface area (Å²) in [4.78, 5) is 0. The van der Waals surface area contributed by atoms with Gasteiger partial charge in [0, 0.05) is 3.57 Å². The molecule has 1 aliphatic carbocycles. The fourth-order valence-corrected chi connectivity index (χ4v) is 1.82. The van der Waals surface area contributed by atoms with Crippen LogP contribution in [0.1, 0.15) is 18.4 Å². The minimum atomic E-state index is -3.26. The van der Waals surface area contributed by atoms with E-state index in [1.165, 1.54) is 12.1 Å². The van der Waals surface area contributed by atoms with Gasteiger partial charge < -0.3 is 4.74 Å². The molecule has 16 heavy (non-hydrogen) atoms. The van der Waals surface area contributed by atoms with Gasteiger partial charge in [0.25, 0.3) is 5.92 Å². The van der Waals surface area contributed by atoms with Gasteiger partial charge in [-0.1, -0.05) is 6.07 Å². The number of hydrogen-bond donors (Lipinski definition) is 0. The number of benzene rings is 1. The highest BCUT2D eigenvalue weighted by Crippen LogP contribution is 2.34. The molecule has 0 heterocycles. The highest BCUT2D eigenvalue weighted by atomic mass is 127. The van der Waals surface area contributed by atoms with Crippen molar-refractivity contribution in [2.45, 2.75) is 24.9 Å². The smallest absolute Gasteiger partial charge is 0.298 e. The maximum atomic E-state index is 13.6. The summed E-state index contributed by atoms with van der Waals surface area (Å²) in [7, 11) is 0. The van der Waals surface area contributed by atoms with Crippen molar-refractivity contribution in [2.24, 2.45) is 0 Å². The van der Waals surface area contributed by atoms with Crippen LogP contribution in [0.25, 0.3) is 0 Å². The van der Waals surface area contributed by atoms with Gasteiger partial charge in [0.15, 0.2) is 0 Å². The second-order valence-electron chi connectivity index (χ2n) is 3.82. The maximum Gasteiger partial charge on any atom is 0.298 e. The molecule has 1 aliphatic rings. The molecular weight excluding hydrogens is 332 g/mol. The summed E-state index contributed by atoms with van der Waals surface area (Å²) in [5.74, 6) is -4.11. The summed E-state index contributed by atoms with van der Waals surface area (Å²) < 4.78 is 45.9. The molecule has 0 bridgehead atoms. The third-order valence-corrected chi connectivity index (χ3v) is 3.20. The van der Waals surface area contributed by atoms with Crippen molar-refractivity contribution in [1.82, 2.24) is 0 Å². The zero-order valence-electron chi connectivity index (χ0n) is 8.35. The van der Waals surface area contributed by atoms with Crippen molar-refractivity contribution in [3.63, 3.8) is 0 Å². The zero-order chi connectivity index (χ0) is 11.8. The summed E-state index contributed by atoms with van der Waals surface area (Å²) >= 11 is 1.69. The predicted octanol–water partition coefficient (Wildman–Crippen LogP) is 3.70. The van der Waals surface area contributed by atoms with Gasteiger partial charge in [-0.3, -0.25) is 0 Å². The average molecular weight is 342 g/mol. The Morgan fingerprint density at radius 3 is 2.69 bits per heavy atom. The SMILES string of the molecule is Fc1c(I)cccc1C(F)(F)COC1CC1. The van der Waals surface area contributed by atoms with Crippen LogP contribution < -0.4 is 0 Å². The maximum absolute atomic E-state index is 13.6. The Morgan fingerprint density at radius 2 is 2.06 bits per heavy atom. The van der Waals surface area contributed by atoms with Crippen LogP contribution in [0, 0.1) is 9.39 Å². The minimum absolute atomic E-state index is 0.0586. The third-order valence-electron chi connectivity index (χ3n) is 2.37. The molecule has 0 aromatic heterocycles. The van der Waals surface area contributed by atoms with Gasteiger partial charge in [0.05, 0.1) is 11.7 Å². The van der Waals surface area contributed by atoms with Gasteiger partial charge in [-0.05, 0) is 47.6 Å². The first-order valence-electron chi connectivity index (χ1n) is 4.94. The third kappa shape index (κ3) is 2.68. The molecular formula is C11H10F3IO. The topological polar surface area (TPSA) is 9.23 Å².